The van der Waals surface area contributed by atoms with Crippen molar-refractivity contribution in [3.63, 3.8) is 0 Å². The minimum Gasteiger partial charge on any atom is -0.352 e. The molecule has 0 saturated heterocycles. The van der Waals surface area contributed by atoms with Gasteiger partial charge in [0.05, 0.1) is 0 Å². The molecule has 2 nitrogen and oxygen atoms in total. The molecule has 0 heterocycles. The van der Waals surface area contributed by atoms with Gasteiger partial charge in [0.15, 0.2) is 0 Å². The summed E-state index contributed by atoms with van der Waals surface area (Å²) >= 11 is 0. The molecule has 2 aromatic carbocycles. The van der Waals surface area contributed by atoms with Crippen molar-refractivity contribution < 1.29 is 13.6 Å². The molecule has 0 bridgehead atoms. The Morgan fingerprint density at radius 2 is 1.86 bits per heavy atom. The van der Waals surface area contributed by atoms with Gasteiger partial charge in [0.25, 0.3) is 0 Å². The van der Waals surface area contributed by atoms with Crippen molar-refractivity contribution in [2.75, 3.05) is 0 Å². The Labute approximate surface area is 121 Å². The van der Waals surface area contributed by atoms with Gasteiger partial charge < -0.3 is 5.32 Å². The second-order valence-electron chi connectivity index (χ2n) is 5.35. The molecule has 0 aromatic heterocycles. The van der Waals surface area contributed by atoms with Crippen LogP contribution < -0.4 is 5.32 Å². The van der Waals surface area contributed by atoms with Crippen molar-refractivity contribution in [1.82, 2.24) is 5.32 Å². The summed E-state index contributed by atoms with van der Waals surface area (Å²) in [6.07, 6.45) is 0.778. The number of benzene rings is 2. The zero-order valence-corrected chi connectivity index (χ0v) is 11.4. The summed E-state index contributed by atoms with van der Waals surface area (Å²) in [5, 5.41) is 2.82. The average Bonchev–Trinajstić information content (AvgIpc) is 3.26. The van der Waals surface area contributed by atoms with Crippen LogP contribution in [0.3, 0.4) is 0 Å². The quantitative estimate of drug-likeness (QED) is 0.917. The average molecular weight is 287 g/mol. The first-order valence-electron chi connectivity index (χ1n) is 6.91. The van der Waals surface area contributed by atoms with E-state index in [0.717, 1.165) is 17.5 Å². The number of hydrogen-bond acceptors (Lipinski definition) is 1. The molecular formula is C17H15F2NO. The fourth-order valence-electron chi connectivity index (χ4n) is 2.53. The summed E-state index contributed by atoms with van der Waals surface area (Å²) < 4.78 is 25.9. The van der Waals surface area contributed by atoms with Gasteiger partial charge in [-0.15, -0.1) is 0 Å². The van der Waals surface area contributed by atoms with E-state index in [1.54, 1.807) is 24.3 Å². The molecule has 0 spiro atoms. The summed E-state index contributed by atoms with van der Waals surface area (Å²) in [4.78, 5) is 12.0. The maximum atomic E-state index is 13.0. The van der Waals surface area contributed by atoms with Crippen molar-refractivity contribution in [2.24, 2.45) is 5.92 Å². The maximum Gasteiger partial charge on any atom is 0.224 e. The predicted octanol–water partition coefficient (Wildman–Crippen LogP) is 3.38. The van der Waals surface area contributed by atoms with Crippen LogP contribution in [0, 0.1) is 17.6 Å². The van der Waals surface area contributed by atoms with Crippen LogP contribution in [0.5, 0.6) is 0 Å². The third-order valence-corrected chi connectivity index (χ3v) is 3.78. The first-order chi connectivity index (χ1) is 10.1. The fourth-order valence-corrected chi connectivity index (χ4v) is 2.53. The SMILES string of the molecule is O=C(NCc1cccc(F)c1)C1CC1c1ccc(F)cc1. The highest BCUT2D eigenvalue weighted by Crippen LogP contribution is 2.47. The van der Waals surface area contributed by atoms with Crippen molar-refractivity contribution in [2.45, 2.75) is 18.9 Å². The van der Waals surface area contributed by atoms with Crippen LogP contribution >= 0.6 is 0 Å². The van der Waals surface area contributed by atoms with Gasteiger partial charge in [0.2, 0.25) is 5.91 Å². The van der Waals surface area contributed by atoms with Crippen molar-refractivity contribution in [3.8, 4) is 0 Å². The topological polar surface area (TPSA) is 29.1 Å². The van der Waals surface area contributed by atoms with Crippen LogP contribution in [-0.4, -0.2) is 5.91 Å². The Hall–Kier alpha value is -2.23. The molecule has 1 saturated carbocycles. The summed E-state index contributed by atoms with van der Waals surface area (Å²) in [7, 11) is 0. The molecule has 2 unspecified atom stereocenters. The molecule has 1 fully saturated rings. The Kier molecular flexibility index (Phi) is 3.69. The Bertz CT molecular complexity index is 654. The van der Waals surface area contributed by atoms with E-state index in [-0.39, 0.29) is 29.4 Å². The van der Waals surface area contributed by atoms with Gasteiger partial charge in [-0.05, 0) is 47.7 Å². The number of rotatable bonds is 4. The third kappa shape index (κ3) is 3.27. The molecule has 2 atom stereocenters. The molecule has 2 aromatic rings. The summed E-state index contributed by atoms with van der Waals surface area (Å²) in [5.41, 5.74) is 1.73. The molecule has 4 heteroatoms. The zero-order valence-electron chi connectivity index (χ0n) is 11.4. The largest absolute Gasteiger partial charge is 0.352 e. The normalized spacial score (nSPS) is 20.1. The summed E-state index contributed by atoms with van der Waals surface area (Å²) in [6, 6.07) is 12.4. The summed E-state index contributed by atoms with van der Waals surface area (Å²) in [5.74, 6) is -0.514. The summed E-state index contributed by atoms with van der Waals surface area (Å²) in [6.45, 7) is 0.323. The predicted molar refractivity (Wildman–Crippen MR) is 75.5 cm³/mol. The van der Waals surface area contributed by atoms with Crippen LogP contribution in [0.4, 0.5) is 8.78 Å². The molecule has 1 aliphatic carbocycles. The van der Waals surface area contributed by atoms with E-state index >= 15 is 0 Å². The van der Waals surface area contributed by atoms with E-state index in [1.165, 1.54) is 24.3 Å². The van der Waals surface area contributed by atoms with E-state index in [0.29, 0.717) is 6.54 Å². The van der Waals surface area contributed by atoms with E-state index in [9.17, 15) is 13.6 Å². The van der Waals surface area contributed by atoms with Gasteiger partial charge in [-0.3, -0.25) is 4.79 Å². The molecule has 1 N–H and O–H groups in total. The minimum absolute atomic E-state index is 0.0337. The third-order valence-electron chi connectivity index (χ3n) is 3.78. The molecule has 0 aliphatic heterocycles. The second kappa shape index (κ2) is 5.64. The lowest BCUT2D eigenvalue weighted by atomic mass is 10.1. The van der Waals surface area contributed by atoms with Crippen molar-refractivity contribution in [1.29, 1.82) is 0 Å². The van der Waals surface area contributed by atoms with Crippen molar-refractivity contribution in [3.05, 3.63) is 71.3 Å². The number of carbonyl (C=O) groups is 1. The van der Waals surface area contributed by atoms with Gasteiger partial charge in [0.1, 0.15) is 11.6 Å². The Balaban J connectivity index is 1.54. The number of hydrogen-bond donors (Lipinski definition) is 1. The number of carbonyl (C=O) groups excluding carboxylic acids is 1. The number of amides is 1. The maximum absolute atomic E-state index is 13.0. The molecule has 3 rings (SSSR count). The van der Waals surface area contributed by atoms with E-state index in [4.69, 9.17) is 0 Å². The fraction of sp³-hybridized carbons (Fsp3) is 0.235. The number of halogens is 2. The van der Waals surface area contributed by atoms with Crippen molar-refractivity contribution >= 4 is 5.91 Å². The second-order valence-corrected chi connectivity index (χ2v) is 5.35. The molecular weight excluding hydrogens is 272 g/mol. The highest BCUT2D eigenvalue weighted by atomic mass is 19.1. The lowest BCUT2D eigenvalue weighted by Gasteiger charge is -2.05. The van der Waals surface area contributed by atoms with E-state index in [1.807, 2.05) is 0 Å². The van der Waals surface area contributed by atoms with Crippen LogP contribution in [0.15, 0.2) is 48.5 Å². The van der Waals surface area contributed by atoms with E-state index < -0.39 is 0 Å². The highest BCUT2D eigenvalue weighted by molar-refractivity contribution is 5.82. The van der Waals surface area contributed by atoms with E-state index in [2.05, 4.69) is 5.32 Å². The van der Waals surface area contributed by atoms with Crippen LogP contribution in [-0.2, 0) is 11.3 Å². The molecule has 21 heavy (non-hydrogen) atoms. The molecule has 1 aliphatic rings. The number of nitrogens with one attached hydrogen (secondary N) is 1. The lowest BCUT2D eigenvalue weighted by Crippen LogP contribution is -2.24. The smallest absolute Gasteiger partial charge is 0.224 e. The van der Waals surface area contributed by atoms with Crippen LogP contribution in [0.25, 0.3) is 0 Å². The van der Waals surface area contributed by atoms with Gasteiger partial charge in [-0.25, -0.2) is 8.78 Å². The van der Waals surface area contributed by atoms with Crippen LogP contribution in [0.2, 0.25) is 0 Å². The molecule has 1 amide bonds. The monoisotopic (exact) mass is 287 g/mol. The van der Waals surface area contributed by atoms with Gasteiger partial charge in [-0.1, -0.05) is 24.3 Å². The first-order valence-corrected chi connectivity index (χ1v) is 6.91. The minimum atomic E-state index is -0.308. The first kappa shape index (κ1) is 13.7. The molecule has 0 radical (unpaired) electrons. The standard InChI is InChI=1S/C17H15F2NO/c18-13-6-4-12(5-7-13)15-9-16(15)17(21)20-10-11-2-1-3-14(19)8-11/h1-8,15-16H,9-10H2,(H,20,21). The zero-order chi connectivity index (χ0) is 14.8. The van der Waals surface area contributed by atoms with Gasteiger partial charge in [0, 0.05) is 12.5 Å². The Morgan fingerprint density at radius 1 is 1.10 bits per heavy atom. The van der Waals surface area contributed by atoms with Gasteiger partial charge >= 0.3 is 0 Å². The molecule has 108 valence electrons. The van der Waals surface area contributed by atoms with Crippen LogP contribution in [0.1, 0.15) is 23.5 Å². The highest BCUT2D eigenvalue weighted by Gasteiger charge is 2.43. The lowest BCUT2D eigenvalue weighted by molar-refractivity contribution is -0.122. The van der Waals surface area contributed by atoms with Gasteiger partial charge in [-0.2, -0.15) is 0 Å². The Morgan fingerprint density at radius 3 is 2.57 bits per heavy atom.